The predicted octanol–water partition coefficient (Wildman–Crippen LogP) is 2.82. The Morgan fingerprint density at radius 1 is 1.25 bits per heavy atom. The molecule has 1 aromatic carbocycles. The number of ether oxygens (including phenoxy) is 1. The van der Waals surface area contributed by atoms with Crippen molar-refractivity contribution in [1.29, 1.82) is 5.26 Å². The second-order valence-electron chi connectivity index (χ2n) is 6.46. The van der Waals surface area contributed by atoms with Crippen molar-refractivity contribution in [1.82, 2.24) is 14.9 Å². The van der Waals surface area contributed by atoms with E-state index in [1.807, 2.05) is 24.3 Å². The maximum absolute atomic E-state index is 8.66. The zero-order valence-electron chi connectivity index (χ0n) is 14.2. The molecular weight excluding hydrogens is 302 g/mol. The van der Waals surface area contributed by atoms with Crippen LogP contribution in [0.5, 0.6) is 5.75 Å². The van der Waals surface area contributed by atoms with E-state index in [0.717, 1.165) is 29.6 Å². The molecule has 0 atom stereocenters. The average Bonchev–Trinajstić information content (AvgIpc) is 2.60. The molecule has 2 aromatic rings. The Labute approximate surface area is 142 Å². The van der Waals surface area contributed by atoms with E-state index in [-0.39, 0.29) is 6.61 Å². The Kier molecular flexibility index (Phi) is 5.11. The van der Waals surface area contributed by atoms with Gasteiger partial charge >= 0.3 is 0 Å². The van der Waals surface area contributed by atoms with Gasteiger partial charge in [0.15, 0.2) is 6.61 Å². The topological polar surface area (TPSA) is 74.1 Å². The maximum Gasteiger partial charge on any atom is 0.174 e. The molecule has 3 rings (SSSR count). The molecule has 6 heteroatoms. The lowest BCUT2D eigenvalue weighted by molar-refractivity contribution is 0.221. The Balaban J connectivity index is 1.75. The molecule has 0 radical (unpaired) electrons. The highest BCUT2D eigenvalue weighted by molar-refractivity contribution is 5.90. The lowest BCUT2D eigenvalue weighted by Crippen LogP contribution is -2.36. The van der Waals surface area contributed by atoms with Crippen LogP contribution in [0.4, 0.5) is 5.82 Å². The van der Waals surface area contributed by atoms with E-state index in [1.165, 1.54) is 12.8 Å². The number of rotatable bonds is 5. The Bertz CT molecular complexity index is 732. The summed E-state index contributed by atoms with van der Waals surface area (Å²) in [6.45, 7) is 0.0382. The van der Waals surface area contributed by atoms with Gasteiger partial charge in [-0.25, -0.2) is 9.97 Å². The van der Waals surface area contributed by atoms with Crippen LogP contribution in [0, 0.1) is 11.3 Å². The Morgan fingerprint density at radius 2 is 2.04 bits per heavy atom. The van der Waals surface area contributed by atoms with E-state index in [9.17, 15) is 0 Å². The molecule has 6 nitrogen and oxygen atoms in total. The van der Waals surface area contributed by atoms with Crippen molar-refractivity contribution in [2.24, 2.45) is 0 Å². The summed E-state index contributed by atoms with van der Waals surface area (Å²) < 4.78 is 5.40. The van der Waals surface area contributed by atoms with E-state index >= 15 is 0 Å². The molecule has 0 amide bonds. The van der Waals surface area contributed by atoms with Gasteiger partial charge in [0, 0.05) is 17.5 Å². The summed E-state index contributed by atoms with van der Waals surface area (Å²) in [5.41, 5.74) is 0.874. The van der Waals surface area contributed by atoms with Crippen LogP contribution in [-0.2, 0) is 0 Å². The molecule has 1 aliphatic rings. The van der Waals surface area contributed by atoms with Crippen LogP contribution in [0.1, 0.15) is 25.7 Å². The maximum atomic E-state index is 8.66. The minimum absolute atomic E-state index is 0.0382. The minimum atomic E-state index is 0.0382. The van der Waals surface area contributed by atoms with Gasteiger partial charge in [-0.3, -0.25) is 0 Å². The molecule has 1 N–H and O–H groups in total. The monoisotopic (exact) mass is 325 g/mol. The van der Waals surface area contributed by atoms with E-state index in [0.29, 0.717) is 17.8 Å². The summed E-state index contributed by atoms with van der Waals surface area (Å²) in [5.74, 6) is 1.51. The van der Waals surface area contributed by atoms with Gasteiger partial charge in [-0.05, 0) is 58.0 Å². The molecule has 1 heterocycles. The molecule has 0 saturated heterocycles. The van der Waals surface area contributed by atoms with Crippen LogP contribution in [-0.4, -0.2) is 47.7 Å². The molecule has 0 bridgehead atoms. The fraction of sp³-hybridized carbons (Fsp3) is 0.500. The van der Waals surface area contributed by atoms with E-state index < -0.39 is 0 Å². The third-order valence-electron chi connectivity index (χ3n) is 4.68. The van der Waals surface area contributed by atoms with E-state index in [1.54, 1.807) is 6.33 Å². The van der Waals surface area contributed by atoms with Crippen molar-refractivity contribution >= 4 is 16.7 Å². The van der Waals surface area contributed by atoms with Crippen molar-refractivity contribution in [2.75, 3.05) is 26.0 Å². The first kappa shape index (κ1) is 16.5. The van der Waals surface area contributed by atoms with Crippen molar-refractivity contribution in [3.63, 3.8) is 0 Å². The number of benzene rings is 1. The minimum Gasteiger partial charge on any atom is -0.479 e. The lowest BCUT2D eigenvalue weighted by atomic mass is 9.90. The summed E-state index contributed by atoms with van der Waals surface area (Å²) in [4.78, 5) is 11.1. The highest BCUT2D eigenvalue weighted by Crippen LogP contribution is 2.28. The summed E-state index contributed by atoms with van der Waals surface area (Å²) >= 11 is 0. The van der Waals surface area contributed by atoms with Crippen LogP contribution >= 0.6 is 0 Å². The predicted molar refractivity (Wildman–Crippen MR) is 94.0 cm³/mol. The summed E-state index contributed by atoms with van der Waals surface area (Å²) in [5, 5.41) is 13.2. The zero-order valence-corrected chi connectivity index (χ0v) is 14.2. The number of nitriles is 1. The van der Waals surface area contributed by atoms with Crippen molar-refractivity contribution in [3.8, 4) is 11.8 Å². The van der Waals surface area contributed by atoms with Gasteiger partial charge in [-0.2, -0.15) is 5.26 Å². The van der Waals surface area contributed by atoms with Crippen LogP contribution in [0.15, 0.2) is 24.5 Å². The number of anilines is 1. The van der Waals surface area contributed by atoms with Crippen molar-refractivity contribution in [2.45, 2.75) is 37.8 Å². The van der Waals surface area contributed by atoms with Crippen molar-refractivity contribution < 1.29 is 4.74 Å². The standard InChI is InChI=1S/C18H23N5O/c1-23(2)14-5-3-13(4-6-14)22-18-16-11-15(24-10-9-19)7-8-17(16)20-12-21-18/h7-8,11-14H,3-6,10H2,1-2H3,(H,20,21,22). The molecule has 126 valence electrons. The van der Waals surface area contributed by atoms with Crippen LogP contribution in [0.25, 0.3) is 10.9 Å². The molecule has 1 aromatic heterocycles. The number of nitrogens with zero attached hydrogens (tertiary/aromatic N) is 4. The smallest absolute Gasteiger partial charge is 0.174 e. The molecule has 1 saturated carbocycles. The van der Waals surface area contributed by atoms with Crippen molar-refractivity contribution in [3.05, 3.63) is 24.5 Å². The molecular formula is C18H23N5O. The molecule has 0 spiro atoms. The molecule has 24 heavy (non-hydrogen) atoms. The Hall–Kier alpha value is -2.39. The summed E-state index contributed by atoms with van der Waals surface area (Å²) in [6.07, 6.45) is 6.26. The second-order valence-corrected chi connectivity index (χ2v) is 6.46. The number of aromatic nitrogens is 2. The normalized spacial score (nSPS) is 20.8. The third kappa shape index (κ3) is 3.74. The van der Waals surface area contributed by atoms with Crippen LogP contribution < -0.4 is 10.1 Å². The lowest BCUT2D eigenvalue weighted by Gasteiger charge is -2.33. The van der Waals surface area contributed by atoms with Gasteiger partial charge in [-0.15, -0.1) is 0 Å². The third-order valence-corrected chi connectivity index (χ3v) is 4.68. The molecule has 0 unspecified atom stereocenters. The van der Waals surface area contributed by atoms with Gasteiger partial charge in [0.05, 0.1) is 5.52 Å². The number of fused-ring (bicyclic) bond motifs is 1. The van der Waals surface area contributed by atoms with Crippen LogP contribution in [0.3, 0.4) is 0 Å². The highest BCUT2D eigenvalue weighted by Gasteiger charge is 2.23. The molecule has 1 fully saturated rings. The summed E-state index contributed by atoms with van der Waals surface area (Å²) in [6, 6.07) is 8.73. The first-order chi connectivity index (χ1) is 11.7. The molecule has 0 aliphatic heterocycles. The highest BCUT2D eigenvalue weighted by atomic mass is 16.5. The van der Waals surface area contributed by atoms with Gasteiger partial charge in [-0.1, -0.05) is 0 Å². The molecule has 1 aliphatic carbocycles. The van der Waals surface area contributed by atoms with E-state index in [2.05, 4.69) is 34.3 Å². The second kappa shape index (κ2) is 7.45. The average molecular weight is 325 g/mol. The number of nitrogens with one attached hydrogen (secondary N) is 1. The number of hydrogen-bond acceptors (Lipinski definition) is 6. The van der Waals surface area contributed by atoms with Gasteiger partial charge in [0.2, 0.25) is 0 Å². The largest absolute Gasteiger partial charge is 0.479 e. The van der Waals surface area contributed by atoms with Crippen LogP contribution in [0.2, 0.25) is 0 Å². The van der Waals surface area contributed by atoms with E-state index in [4.69, 9.17) is 10.00 Å². The SMILES string of the molecule is CN(C)C1CCC(Nc2ncnc3ccc(OCC#N)cc23)CC1. The first-order valence-electron chi connectivity index (χ1n) is 8.35. The fourth-order valence-electron chi connectivity index (χ4n) is 3.29. The quantitative estimate of drug-likeness (QED) is 0.911. The first-order valence-corrected chi connectivity index (χ1v) is 8.35. The fourth-order valence-corrected chi connectivity index (χ4v) is 3.29. The zero-order chi connectivity index (χ0) is 16.9. The summed E-state index contributed by atoms with van der Waals surface area (Å²) in [7, 11) is 4.30. The Morgan fingerprint density at radius 3 is 2.75 bits per heavy atom. The van der Waals surface area contributed by atoms with Gasteiger partial charge in [0.1, 0.15) is 24.0 Å². The van der Waals surface area contributed by atoms with Gasteiger partial charge < -0.3 is 15.0 Å². The van der Waals surface area contributed by atoms with Gasteiger partial charge in [0.25, 0.3) is 0 Å². The number of hydrogen-bond donors (Lipinski definition) is 1.